The first-order valence-corrected chi connectivity index (χ1v) is 23.5. The Morgan fingerprint density at radius 3 is 2.07 bits per heavy atom. The van der Waals surface area contributed by atoms with Crippen LogP contribution in [0, 0.1) is 22.7 Å². The van der Waals surface area contributed by atoms with Crippen LogP contribution in [0.5, 0.6) is 0 Å². The highest BCUT2D eigenvalue weighted by atomic mass is 28.4. The van der Waals surface area contributed by atoms with Gasteiger partial charge in [0.2, 0.25) is 0 Å². The van der Waals surface area contributed by atoms with E-state index in [0.29, 0.717) is 11.8 Å². The topological polar surface area (TPSA) is 48.0 Å². The Morgan fingerprint density at radius 1 is 0.933 bits per heavy atom. The number of rotatable bonds is 8. The average Bonchev–Trinajstić information content (AvgIpc) is 3.24. The van der Waals surface area contributed by atoms with Crippen molar-refractivity contribution in [1.82, 2.24) is 4.90 Å². The van der Waals surface area contributed by atoms with E-state index in [-0.39, 0.29) is 45.1 Å². The van der Waals surface area contributed by atoms with Gasteiger partial charge in [0.05, 0.1) is 18.3 Å². The van der Waals surface area contributed by atoms with Gasteiger partial charge in [0.15, 0.2) is 16.6 Å². The first-order valence-electron chi connectivity index (χ1n) is 17.7. The first kappa shape index (κ1) is 36.8. The molecule has 0 aromatic rings. The lowest BCUT2D eigenvalue weighted by Crippen LogP contribution is -2.58. The zero-order valence-corrected chi connectivity index (χ0v) is 33.8. The number of fused-ring (bicyclic) bond motifs is 5. The standard InChI is InChI=1S/C38H67NO4Si2/c1-25(41-26(2)34(40)39(11)12)30-19-20-31-29-18-17-27-23-28(42-44(13,14)35(3,4)5)24-33(43-45(15,16)36(6,7)8)38(27,10)32(29)21-22-37(30,31)9/h17-19,25-26,28,31-33H,20-24H2,1-16H3/t25?,26-,28-,31+,32+,33+,37-,38+/m1/s1. The molecule has 4 aliphatic rings. The lowest BCUT2D eigenvalue weighted by molar-refractivity contribution is -0.142. The summed E-state index contributed by atoms with van der Waals surface area (Å²) in [5.41, 5.74) is 4.54. The number of carbonyl (C=O) groups excluding carboxylic acids is 1. The first-order chi connectivity index (χ1) is 20.4. The maximum absolute atomic E-state index is 12.6. The van der Waals surface area contributed by atoms with Crippen LogP contribution in [0.3, 0.4) is 0 Å². The van der Waals surface area contributed by atoms with Crippen molar-refractivity contribution < 1.29 is 18.4 Å². The van der Waals surface area contributed by atoms with E-state index < -0.39 is 22.7 Å². The summed E-state index contributed by atoms with van der Waals surface area (Å²) in [5.74, 6) is 0.950. The largest absolute Gasteiger partial charge is 0.414 e. The van der Waals surface area contributed by atoms with E-state index in [1.54, 1.807) is 24.6 Å². The number of amides is 1. The van der Waals surface area contributed by atoms with Crippen LogP contribution in [-0.2, 0) is 18.4 Å². The minimum Gasteiger partial charge on any atom is -0.414 e. The number of hydrogen-bond donors (Lipinski definition) is 0. The van der Waals surface area contributed by atoms with E-state index in [9.17, 15) is 4.79 Å². The molecule has 8 atom stereocenters. The Hall–Kier alpha value is -0.996. The Labute approximate surface area is 278 Å². The van der Waals surface area contributed by atoms with Gasteiger partial charge in [-0.3, -0.25) is 4.79 Å². The van der Waals surface area contributed by atoms with Crippen LogP contribution in [0.25, 0.3) is 0 Å². The van der Waals surface area contributed by atoms with Crippen molar-refractivity contribution in [3.8, 4) is 0 Å². The molecule has 0 N–H and O–H groups in total. The van der Waals surface area contributed by atoms with Gasteiger partial charge >= 0.3 is 0 Å². The molecular formula is C38H67NO4Si2. The summed E-state index contributed by atoms with van der Waals surface area (Å²) in [5, 5.41) is 0.321. The summed E-state index contributed by atoms with van der Waals surface area (Å²) in [6, 6.07) is 0. The van der Waals surface area contributed by atoms with Crippen molar-refractivity contribution in [2.45, 2.75) is 162 Å². The summed E-state index contributed by atoms with van der Waals surface area (Å²) in [7, 11) is -0.382. The van der Waals surface area contributed by atoms with Gasteiger partial charge in [0.25, 0.3) is 5.91 Å². The quantitative estimate of drug-likeness (QED) is 0.193. The number of hydrogen-bond acceptors (Lipinski definition) is 4. The van der Waals surface area contributed by atoms with Gasteiger partial charge in [0.1, 0.15) is 6.10 Å². The van der Waals surface area contributed by atoms with E-state index in [1.807, 2.05) is 6.92 Å². The molecule has 45 heavy (non-hydrogen) atoms. The fraction of sp³-hybridized carbons (Fsp3) is 0.816. The third-order valence-electron chi connectivity index (χ3n) is 13.4. The summed E-state index contributed by atoms with van der Waals surface area (Å²) < 4.78 is 21.0. The Morgan fingerprint density at radius 2 is 1.51 bits per heavy atom. The Bertz CT molecular complexity index is 1230. The van der Waals surface area contributed by atoms with E-state index in [2.05, 4.69) is 107 Å². The maximum Gasteiger partial charge on any atom is 0.250 e. The highest BCUT2D eigenvalue weighted by Crippen LogP contribution is 2.65. The van der Waals surface area contributed by atoms with Crippen molar-refractivity contribution in [2.24, 2.45) is 22.7 Å². The Balaban J connectivity index is 1.67. The van der Waals surface area contributed by atoms with Crippen LogP contribution in [0.1, 0.15) is 101 Å². The zero-order valence-electron chi connectivity index (χ0n) is 31.8. The van der Waals surface area contributed by atoms with Gasteiger partial charge in [-0.2, -0.15) is 0 Å². The molecule has 7 heteroatoms. The monoisotopic (exact) mass is 657 g/mol. The van der Waals surface area contributed by atoms with Crippen molar-refractivity contribution >= 4 is 22.5 Å². The van der Waals surface area contributed by atoms with Crippen LogP contribution in [0.2, 0.25) is 36.3 Å². The van der Waals surface area contributed by atoms with Gasteiger partial charge in [0, 0.05) is 19.5 Å². The average molecular weight is 658 g/mol. The van der Waals surface area contributed by atoms with Crippen LogP contribution in [0.4, 0.5) is 0 Å². The predicted molar refractivity (Wildman–Crippen MR) is 193 cm³/mol. The summed E-state index contributed by atoms with van der Waals surface area (Å²) >= 11 is 0. The molecule has 5 nitrogen and oxygen atoms in total. The van der Waals surface area contributed by atoms with Crippen LogP contribution in [0.15, 0.2) is 34.9 Å². The molecule has 1 unspecified atom stereocenters. The van der Waals surface area contributed by atoms with E-state index in [0.717, 1.165) is 32.1 Å². The smallest absolute Gasteiger partial charge is 0.250 e. The number of likely N-dealkylation sites (N-methyl/N-ethyl adjacent to an activating group) is 1. The predicted octanol–water partition coefficient (Wildman–Crippen LogP) is 9.68. The maximum atomic E-state index is 12.6. The molecule has 0 saturated heterocycles. The van der Waals surface area contributed by atoms with E-state index in [1.165, 1.54) is 11.1 Å². The number of carbonyl (C=O) groups is 1. The molecule has 0 bridgehead atoms. The molecule has 256 valence electrons. The molecule has 0 aromatic carbocycles. The van der Waals surface area contributed by atoms with Crippen molar-refractivity contribution in [3.05, 3.63) is 34.9 Å². The molecule has 1 amide bonds. The molecule has 4 aliphatic carbocycles. The minimum absolute atomic E-state index is 0.0207. The highest BCUT2D eigenvalue weighted by Gasteiger charge is 2.59. The fourth-order valence-corrected chi connectivity index (χ4v) is 11.2. The summed E-state index contributed by atoms with van der Waals surface area (Å²) in [6.07, 6.45) is 12.5. The molecule has 4 rings (SSSR count). The minimum atomic E-state index is -2.05. The fourth-order valence-electron chi connectivity index (χ4n) is 8.44. The summed E-state index contributed by atoms with van der Waals surface area (Å²) in [6.45, 7) is 32.8. The zero-order chi connectivity index (χ0) is 34.1. The van der Waals surface area contributed by atoms with Crippen LogP contribution >= 0.6 is 0 Å². The van der Waals surface area contributed by atoms with E-state index >= 15 is 0 Å². The molecule has 0 aliphatic heterocycles. The van der Waals surface area contributed by atoms with Gasteiger partial charge in [-0.25, -0.2) is 0 Å². The van der Waals surface area contributed by atoms with E-state index in [4.69, 9.17) is 13.6 Å². The van der Waals surface area contributed by atoms with Crippen molar-refractivity contribution in [1.29, 1.82) is 0 Å². The van der Waals surface area contributed by atoms with Crippen LogP contribution < -0.4 is 0 Å². The second kappa shape index (κ2) is 12.2. The number of nitrogens with zero attached hydrogens (tertiary/aromatic N) is 1. The molecule has 2 fully saturated rings. The van der Waals surface area contributed by atoms with Crippen LogP contribution in [-0.4, -0.2) is 66.0 Å². The second-order valence-electron chi connectivity index (χ2n) is 18.6. The normalized spacial score (nSPS) is 33.6. The van der Waals surface area contributed by atoms with Crippen molar-refractivity contribution in [2.75, 3.05) is 14.1 Å². The highest BCUT2D eigenvalue weighted by molar-refractivity contribution is 6.74. The van der Waals surface area contributed by atoms with Crippen molar-refractivity contribution in [3.63, 3.8) is 0 Å². The van der Waals surface area contributed by atoms with Gasteiger partial charge in [-0.1, -0.05) is 84.8 Å². The van der Waals surface area contributed by atoms with Gasteiger partial charge in [-0.15, -0.1) is 0 Å². The lowest BCUT2D eigenvalue weighted by atomic mass is 9.49. The molecular weight excluding hydrogens is 591 g/mol. The Kier molecular flexibility index (Phi) is 9.95. The summed E-state index contributed by atoms with van der Waals surface area (Å²) in [4.78, 5) is 14.2. The second-order valence-corrected chi connectivity index (χ2v) is 28.1. The van der Waals surface area contributed by atoms with Gasteiger partial charge < -0.3 is 18.5 Å². The molecule has 2 saturated carbocycles. The molecule has 0 aromatic heterocycles. The number of ether oxygens (including phenoxy) is 1. The third kappa shape index (κ3) is 6.56. The lowest BCUT2D eigenvalue weighted by Gasteiger charge is -2.59. The molecule has 0 radical (unpaired) electrons. The number of allylic oxidation sites excluding steroid dienone is 4. The SMILES string of the molecule is CC(O[C@H](C)C(=O)N(C)C)C1=CC[C@H]2C3=CC=C4C[C@@H](O[Si](C)(C)C(C)(C)C)C[C@H](O[Si](C)(C)C(C)(C)C)[C@]4(C)[C@H]3CC[C@]12C. The van der Waals surface area contributed by atoms with Gasteiger partial charge in [-0.05, 0) is 105 Å². The molecule has 0 spiro atoms. The molecule has 0 heterocycles. The third-order valence-corrected chi connectivity index (χ3v) is 22.4.